The van der Waals surface area contributed by atoms with E-state index in [1.807, 2.05) is 0 Å². The van der Waals surface area contributed by atoms with Crippen molar-refractivity contribution in [1.29, 1.82) is 0 Å². The monoisotopic (exact) mass is 643 g/mol. The predicted molar refractivity (Wildman–Crippen MR) is 135 cm³/mol. The van der Waals surface area contributed by atoms with Crippen LogP contribution in [-0.2, 0) is 41.5 Å². The van der Waals surface area contributed by atoms with E-state index < -0.39 is 89.4 Å². The number of anilines is 1. The Balaban J connectivity index is 1.33. The van der Waals surface area contributed by atoms with E-state index >= 15 is 0 Å². The maximum absolute atomic E-state index is 12.4. The van der Waals surface area contributed by atoms with Crippen LogP contribution in [0.2, 0.25) is 0 Å². The van der Waals surface area contributed by atoms with E-state index in [1.165, 1.54) is 31.7 Å². The molecule has 3 unspecified atom stereocenters. The van der Waals surface area contributed by atoms with Crippen molar-refractivity contribution in [1.82, 2.24) is 19.5 Å². The van der Waals surface area contributed by atoms with Crippen LogP contribution in [0.1, 0.15) is 27.0 Å². The number of ether oxygens (including phenoxy) is 3. The minimum Gasteiger partial charge on any atom is -0.456 e. The highest BCUT2D eigenvalue weighted by Gasteiger charge is 2.49. The quantitative estimate of drug-likeness (QED) is 0.112. The van der Waals surface area contributed by atoms with Crippen molar-refractivity contribution in [3.8, 4) is 0 Å². The van der Waals surface area contributed by atoms with Crippen LogP contribution in [0.15, 0.2) is 12.7 Å². The summed E-state index contributed by atoms with van der Waals surface area (Å²) in [6, 6.07) is 0. The Bertz CT molecular complexity index is 1390. The van der Waals surface area contributed by atoms with Gasteiger partial charge in [0.15, 0.2) is 30.1 Å². The number of fused-ring (bicyclic) bond motifs is 1. The van der Waals surface area contributed by atoms with Crippen molar-refractivity contribution < 1.29 is 71.7 Å². The summed E-state index contributed by atoms with van der Waals surface area (Å²) in [4.78, 5) is 44.0. The Morgan fingerprint density at radius 1 is 0.976 bits per heavy atom. The summed E-state index contributed by atoms with van der Waals surface area (Å²) in [5, 5.41) is 40.7. The van der Waals surface area contributed by atoms with Gasteiger partial charge < -0.3 is 50.2 Å². The van der Waals surface area contributed by atoms with Gasteiger partial charge in [0.25, 0.3) is 0 Å². The van der Waals surface area contributed by atoms with Gasteiger partial charge in [-0.05, 0) is 20.8 Å². The van der Waals surface area contributed by atoms with Gasteiger partial charge in [-0.1, -0.05) is 0 Å². The third-order valence-corrected chi connectivity index (χ3v) is 8.78. The molecule has 4 rings (SSSR count). The van der Waals surface area contributed by atoms with Crippen molar-refractivity contribution >= 4 is 38.6 Å². The largest absolute Gasteiger partial charge is 0.481 e. The zero-order chi connectivity index (χ0) is 31.2. The lowest BCUT2D eigenvalue weighted by Gasteiger charge is -2.25. The van der Waals surface area contributed by atoms with Gasteiger partial charge in [-0.15, -0.1) is 0 Å². The summed E-state index contributed by atoms with van der Waals surface area (Å²) in [6.07, 6.45) is -10.1. The zero-order valence-corrected chi connectivity index (χ0v) is 24.1. The van der Waals surface area contributed by atoms with Crippen LogP contribution in [0.5, 0.6) is 0 Å². The van der Waals surface area contributed by atoms with Gasteiger partial charge in [-0.25, -0.2) is 24.1 Å². The van der Waals surface area contributed by atoms with E-state index in [0.29, 0.717) is 0 Å². The first-order valence-electron chi connectivity index (χ1n) is 12.2. The van der Waals surface area contributed by atoms with Gasteiger partial charge in [-0.2, -0.15) is 4.31 Å². The van der Waals surface area contributed by atoms with Crippen LogP contribution in [0.4, 0.5) is 5.82 Å². The molecule has 2 aliphatic rings. The Morgan fingerprint density at radius 2 is 1.60 bits per heavy atom. The van der Waals surface area contributed by atoms with Gasteiger partial charge in [0.2, 0.25) is 0 Å². The average molecular weight is 643 g/mol. The summed E-state index contributed by atoms with van der Waals surface area (Å²) in [5.74, 6) is -0.734. The van der Waals surface area contributed by atoms with E-state index in [4.69, 9.17) is 19.9 Å². The number of phosphoric acid groups is 2. The normalized spacial score (nSPS) is 33.0. The number of hydrogen-bond donors (Lipinski definition) is 7. The second kappa shape index (κ2) is 12.1. The lowest BCUT2D eigenvalue weighted by Crippen LogP contribution is -2.41. The van der Waals surface area contributed by atoms with Gasteiger partial charge in [0, 0.05) is 0 Å². The Morgan fingerprint density at radius 3 is 2.21 bits per heavy atom. The molecule has 0 radical (unpaired) electrons. The summed E-state index contributed by atoms with van der Waals surface area (Å²) < 4.78 is 55.3. The Labute approximate surface area is 237 Å². The van der Waals surface area contributed by atoms with Crippen LogP contribution in [-0.4, -0.2) is 112 Å². The van der Waals surface area contributed by atoms with Gasteiger partial charge in [0.05, 0.1) is 25.0 Å². The van der Waals surface area contributed by atoms with E-state index in [9.17, 15) is 44.1 Å². The van der Waals surface area contributed by atoms with Gasteiger partial charge >= 0.3 is 21.6 Å². The molecule has 42 heavy (non-hydrogen) atoms. The number of aliphatic hydroxyl groups is 4. The fourth-order valence-corrected chi connectivity index (χ4v) is 6.06. The molecule has 10 atom stereocenters. The minimum absolute atomic E-state index is 0.0500. The molecule has 236 valence electrons. The van der Waals surface area contributed by atoms with Crippen LogP contribution < -0.4 is 5.73 Å². The number of hydrogen-bond acceptors (Lipinski definition) is 17. The molecule has 0 aliphatic carbocycles. The molecular weight excluding hydrogens is 612 g/mol. The van der Waals surface area contributed by atoms with Crippen LogP contribution in [0.3, 0.4) is 0 Å². The summed E-state index contributed by atoms with van der Waals surface area (Å²) in [6.45, 7) is 2.73. The fraction of sp³-hybridized carbons (Fsp3) is 0.700. The molecule has 22 heteroatoms. The number of nitrogens with zero attached hydrogens (tertiary/aromatic N) is 4. The zero-order valence-electron chi connectivity index (χ0n) is 22.3. The smallest absolute Gasteiger partial charge is 0.456 e. The number of nitrogen functional groups attached to an aromatic ring is 1. The number of imidazole rings is 1. The van der Waals surface area contributed by atoms with Crippen molar-refractivity contribution in [3.05, 3.63) is 12.7 Å². The van der Waals surface area contributed by atoms with Crippen molar-refractivity contribution in [3.63, 3.8) is 0 Å². The van der Waals surface area contributed by atoms with Crippen LogP contribution in [0.25, 0.3) is 11.2 Å². The highest BCUT2D eigenvalue weighted by molar-refractivity contribution is 7.61. The number of rotatable bonds is 10. The predicted octanol–water partition coefficient (Wildman–Crippen LogP) is -1.69. The molecule has 0 bridgehead atoms. The second-order valence-electron chi connectivity index (χ2n) is 10.4. The molecule has 2 aromatic heterocycles. The summed E-state index contributed by atoms with van der Waals surface area (Å²) in [5.41, 5.74) is 5.09. The third kappa shape index (κ3) is 7.13. The lowest BCUT2D eigenvalue weighted by molar-refractivity contribution is -0.166. The van der Waals surface area contributed by atoms with Crippen LogP contribution >= 0.6 is 15.6 Å². The molecule has 0 spiro atoms. The molecule has 2 aliphatic heterocycles. The van der Waals surface area contributed by atoms with Gasteiger partial charge in [0.1, 0.15) is 42.4 Å². The number of carbonyl (C=O) groups excluding carboxylic acids is 1. The summed E-state index contributed by atoms with van der Waals surface area (Å²) in [7, 11) is -10.8. The number of aliphatic hydroxyl groups excluding tert-OH is 4. The number of phosphoric ester groups is 2. The number of aromatic nitrogens is 4. The number of carbonyl (C=O) groups is 1. The Kier molecular flexibility index (Phi) is 9.42. The topological polar surface area (TPSA) is 298 Å². The van der Waals surface area contributed by atoms with Gasteiger partial charge in [-0.3, -0.25) is 18.4 Å². The second-order valence-corrected chi connectivity index (χ2v) is 13.5. The first kappa shape index (κ1) is 32.7. The molecule has 2 aromatic rings. The number of esters is 1. The molecule has 0 aromatic carbocycles. The molecular formula is C20H31N5O15P2. The average Bonchev–Trinajstić information content (AvgIpc) is 3.51. The molecule has 8 N–H and O–H groups in total. The third-order valence-electron chi connectivity index (χ3n) is 6.17. The van der Waals surface area contributed by atoms with E-state index in [0.717, 1.165) is 6.33 Å². The summed E-state index contributed by atoms with van der Waals surface area (Å²) >= 11 is 0. The van der Waals surface area contributed by atoms with Crippen molar-refractivity contribution in [2.45, 2.75) is 69.9 Å². The van der Waals surface area contributed by atoms with Crippen molar-refractivity contribution in [2.24, 2.45) is 5.41 Å². The van der Waals surface area contributed by atoms with E-state index in [2.05, 4.69) is 28.3 Å². The highest BCUT2D eigenvalue weighted by atomic mass is 31.3. The number of nitrogens with two attached hydrogens (primary N) is 1. The molecule has 20 nitrogen and oxygen atoms in total. The first-order valence-corrected chi connectivity index (χ1v) is 15.2. The molecule has 2 saturated heterocycles. The Hall–Kier alpha value is -2.16. The molecule has 0 amide bonds. The lowest BCUT2D eigenvalue weighted by atomic mass is 9.97. The SMILES string of the molecule is CC(C)(C)C(=O)O[C@H]1[C@H](COP(=O)(O)OP(=O)(O)OC[C@H]2O[C@@H](n3cnc4c(N)ncnc43)[C@H](O)[C@@H]2O)OC(O)[C@H]1O. The molecule has 4 heterocycles. The minimum atomic E-state index is -5.38. The first-order chi connectivity index (χ1) is 19.4. The van der Waals surface area contributed by atoms with Crippen molar-refractivity contribution in [2.75, 3.05) is 18.9 Å². The highest BCUT2D eigenvalue weighted by Crippen LogP contribution is 2.60. The van der Waals surface area contributed by atoms with Crippen LogP contribution in [0, 0.1) is 5.41 Å². The standard InChI is InChI=1S/C20H31N5O15P2/c1-20(2,3)19(30)39-14-9(38-18(29)13(14)28)5-36-42(33,34)40-41(31,32)35-4-8-11(26)12(27)17(37-8)25-7-24-10-15(21)22-6-23-16(10)25/h6-9,11-14,17-18,26-29H,4-5H2,1-3H3,(H,31,32)(H,33,34)(H2,21,22,23)/t8-,9+,11-,12-,13+,14+,17-,18?/m1/s1. The molecule has 2 fully saturated rings. The maximum Gasteiger partial charge on any atom is 0.481 e. The fourth-order valence-electron chi connectivity index (χ4n) is 3.97. The maximum atomic E-state index is 12.4. The van der Waals surface area contributed by atoms with E-state index in [-0.39, 0.29) is 17.0 Å². The van der Waals surface area contributed by atoms with E-state index in [1.54, 1.807) is 0 Å². The molecule has 0 saturated carbocycles.